The standard InChI is InChI=1S/C14H26N4O/c1-11(2)17-6-5-14(10-17)9-16-13(15)18(14)8-12-4-3-7-19-12/h11-12H,3-10H2,1-2H3,(H2,15,16). The molecule has 0 aromatic rings. The summed E-state index contributed by atoms with van der Waals surface area (Å²) in [7, 11) is 0. The van der Waals surface area contributed by atoms with Gasteiger partial charge in [0.25, 0.3) is 0 Å². The summed E-state index contributed by atoms with van der Waals surface area (Å²) in [6, 6.07) is 0.603. The molecule has 0 amide bonds. The van der Waals surface area contributed by atoms with Crippen molar-refractivity contribution < 1.29 is 4.74 Å². The van der Waals surface area contributed by atoms with Gasteiger partial charge in [-0.05, 0) is 33.1 Å². The second kappa shape index (κ2) is 4.94. The Morgan fingerprint density at radius 2 is 2.37 bits per heavy atom. The molecule has 2 fully saturated rings. The van der Waals surface area contributed by atoms with E-state index in [0.29, 0.717) is 12.1 Å². The van der Waals surface area contributed by atoms with E-state index >= 15 is 0 Å². The minimum Gasteiger partial charge on any atom is -0.376 e. The minimum absolute atomic E-state index is 0.139. The first-order valence-corrected chi connectivity index (χ1v) is 7.54. The number of guanidine groups is 1. The maximum atomic E-state index is 6.14. The van der Waals surface area contributed by atoms with Crippen LogP contribution in [0.1, 0.15) is 33.1 Å². The van der Waals surface area contributed by atoms with Gasteiger partial charge in [-0.1, -0.05) is 0 Å². The van der Waals surface area contributed by atoms with Crippen molar-refractivity contribution >= 4 is 5.96 Å². The SMILES string of the molecule is CC(C)N1CCC2(CN=C(N)N2CC2CCCO2)C1. The average molecular weight is 266 g/mol. The highest BCUT2D eigenvalue weighted by molar-refractivity contribution is 5.81. The number of aliphatic imine (C=N–C) groups is 1. The van der Waals surface area contributed by atoms with Crippen molar-refractivity contribution in [2.75, 3.05) is 32.8 Å². The molecule has 2 saturated heterocycles. The fourth-order valence-electron chi connectivity index (χ4n) is 3.60. The van der Waals surface area contributed by atoms with Crippen LogP contribution in [0.5, 0.6) is 0 Å². The molecular weight excluding hydrogens is 240 g/mol. The normalized spacial score (nSPS) is 35.8. The van der Waals surface area contributed by atoms with Crippen LogP contribution in [-0.2, 0) is 4.74 Å². The summed E-state index contributed by atoms with van der Waals surface area (Å²) in [4.78, 5) is 9.40. The van der Waals surface area contributed by atoms with Crippen molar-refractivity contribution in [1.29, 1.82) is 0 Å². The molecule has 2 N–H and O–H groups in total. The predicted octanol–water partition coefficient (Wildman–Crippen LogP) is 0.649. The first-order valence-electron chi connectivity index (χ1n) is 7.54. The van der Waals surface area contributed by atoms with Gasteiger partial charge in [-0.25, -0.2) is 0 Å². The predicted molar refractivity (Wildman–Crippen MR) is 76.2 cm³/mol. The van der Waals surface area contributed by atoms with Gasteiger partial charge in [0.2, 0.25) is 0 Å². The maximum Gasteiger partial charge on any atom is 0.192 e. The van der Waals surface area contributed by atoms with Crippen LogP contribution < -0.4 is 5.73 Å². The number of rotatable bonds is 3. The van der Waals surface area contributed by atoms with Crippen LogP contribution in [0.3, 0.4) is 0 Å². The largest absolute Gasteiger partial charge is 0.376 e. The van der Waals surface area contributed by atoms with Gasteiger partial charge in [0.05, 0.1) is 18.2 Å². The highest BCUT2D eigenvalue weighted by Gasteiger charge is 2.48. The van der Waals surface area contributed by atoms with E-state index in [1.807, 2.05) is 0 Å². The Kier molecular flexibility index (Phi) is 3.43. The number of ether oxygens (including phenoxy) is 1. The van der Waals surface area contributed by atoms with E-state index < -0.39 is 0 Å². The van der Waals surface area contributed by atoms with Gasteiger partial charge in [-0.2, -0.15) is 0 Å². The molecule has 3 aliphatic heterocycles. The molecule has 0 aromatic heterocycles. The van der Waals surface area contributed by atoms with E-state index in [2.05, 4.69) is 28.6 Å². The molecule has 108 valence electrons. The van der Waals surface area contributed by atoms with E-state index in [9.17, 15) is 0 Å². The van der Waals surface area contributed by atoms with Crippen molar-refractivity contribution in [3.63, 3.8) is 0 Å². The highest BCUT2D eigenvalue weighted by Crippen LogP contribution is 2.34. The van der Waals surface area contributed by atoms with Gasteiger partial charge in [0, 0.05) is 32.3 Å². The number of nitrogens with zero attached hydrogens (tertiary/aromatic N) is 3. The summed E-state index contributed by atoms with van der Waals surface area (Å²) < 4.78 is 5.77. The zero-order valence-corrected chi connectivity index (χ0v) is 12.1. The maximum absolute atomic E-state index is 6.14. The van der Waals surface area contributed by atoms with Crippen molar-refractivity contribution in [2.24, 2.45) is 10.7 Å². The van der Waals surface area contributed by atoms with Crippen molar-refractivity contribution in [3.8, 4) is 0 Å². The van der Waals surface area contributed by atoms with Crippen LogP contribution in [0, 0.1) is 0 Å². The van der Waals surface area contributed by atoms with E-state index in [-0.39, 0.29) is 5.54 Å². The Morgan fingerprint density at radius 3 is 3.00 bits per heavy atom. The third-order valence-corrected chi connectivity index (χ3v) is 4.89. The fraction of sp³-hybridized carbons (Fsp3) is 0.929. The lowest BCUT2D eigenvalue weighted by molar-refractivity contribution is 0.0660. The molecule has 5 heteroatoms. The van der Waals surface area contributed by atoms with Gasteiger partial charge in [-0.15, -0.1) is 0 Å². The van der Waals surface area contributed by atoms with Crippen LogP contribution >= 0.6 is 0 Å². The first kappa shape index (κ1) is 13.2. The zero-order valence-electron chi connectivity index (χ0n) is 12.1. The van der Waals surface area contributed by atoms with Gasteiger partial charge >= 0.3 is 0 Å². The Bertz CT molecular complexity index is 364. The third-order valence-electron chi connectivity index (χ3n) is 4.89. The highest BCUT2D eigenvalue weighted by atomic mass is 16.5. The number of hydrogen-bond donors (Lipinski definition) is 1. The monoisotopic (exact) mass is 266 g/mol. The summed E-state index contributed by atoms with van der Waals surface area (Å²) in [6.07, 6.45) is 3.85. The zero-order chi connectivity index (χ0) is 13.5. The minimum atomic E-state index is 0.139. The second-order valence-corrected chi connectivity index (χ2v) is 6.46. The number of likely N-dealkylation sites (tertiary alicyclic amines) is 1. The topological polar surface area (TPSA) is 54.1 Å². The fourth-order valence-corrected chi connectivity index (χ4v) is 3.60. The summed E-state index contributed by atoms with van der Waals surface area (Å²) in [5, 5.41) is 0. The molecule has 5 nitrogen and oxygen atoms in total. The molecule has 19 heavy (non-hydrogen) atoms. The van der Waals surface area contributed by atoms with Crippen LogP contribution in [0.25, 0.3) is 0 Å². The van der Waals surface area contributed by atoms with Crippen LogP contribution in [-0.4, -0.2) is 66.2 Å². The lowest BCUT2D eigenvalue weighted by Gasteiger charge is -2.38. The second-order valence-electron chi connectivity index (χ2n) is 6.46. The van der Waals surface area contributed by atoms with E-state index in [0.717, 1.165) is 45.2 Å². The van der Waals surface area contributed by atoms with Crippen molar-refractivity contribution in [3.05, 3.63) is 0 Å². The Morgan fingerprint density at radius 1 is 1.53 bits per heavy atom. The molecule has 0 saturated carbocycles. The first-order chi connectivity index (χ1) is 9.11. The van der Waals surface area contributed by atoms with Gasteiger partial charge in [0.15, 0.2) is 5.96 Å². The molecule has 2 atom stereocenters. The molecule has 0 aliphatic carbocycles. The number of hydrogen-bond acceptors (Lipinski definition) is 5. The molecular formula is C14H26N4O. The van der Waals surface area contributed by atoms with Crippen LogP contribution in [0.2, 0.25) is 0 Å². The molecule has 2 unspecified atom stereocenters. The number of nitrogens with two attached hydrogens (primary N) is 1. The summed E-state index contributed by atoms with van der Waals surface area (Å²) in [5.74, 6) is 0.723. The van der Waals surface area contributed by atoms with E-state index in [1.165, 1.54) is 12.8 Å². The third kappa shape index (κ3) is 2.34. The summed E-state index contributed by atoms with van der Waals surface area (Å²) in [6.45, 7) is 9.45. The van der Waals surface area contributed by atoms with Gasteiger partial charge in [-0.3, -0.25) is 9.89 Å². The lowest BCUT2D eigenvalue weighted by Crippen LogP contribution is -2.55. The van der Waals surface area contributed by atoms with Gasteiger partial charge in [0.1, 0.15) is 0 Å². The lowest BCUT2D eigenvalue weighted by atomic mass is 9.97. The van der Waals surface area contributed by atoms with Crippen LogP contribution in [0.15, 0.2) is 4.99 Å². The van der Waals surface area contributed by atoms with Crippen LogP contribution in [0.4, 0.5) is 0 Å². The van der Waals surface area contributed by atoms with E-state index in [1.54, 1.807) is 0 Å². The molecule has 0 aromatic carbocycles. The smallest absolute Gasteiger partial charge is 0.192 e. The summed E-state index contributed by atoms with van der Waals surface area (Å²) in [5.41, 5.74) is 6.27. The Balaban J connectivity index is 1.70. The Hall–Kier alpha value is -0.810. The van der Waals surface area contributed by atoms with Gasteiger partial charge < -0.3 is 15.4 Å². The molecule has 3 rings (SSSR count). The summed E-state index contributed by atoms with van der Waals surface area (Å²) >= 11 is 0. The average Bonchev–Trinajstić information content (AvgIpc) is 3.08. The molecule has 0 bridgehead atoms. The molecule has 1 spiro atoms. The Labute approximate surface area is 115 Å². The molecule has 3 heterocycles. The quantitative estimate of drug-likeness (QED) is 0.815. The molecule has 0 radical (unpaired) electrons. The molecule has 3 aliphatic rings. The van der Waals surface area contributed by atoms with Crippen molar-refractivity contribution in [1.82, 2.24) is 9.80 Å². The van der Waals surface area contributed by atoms with E-state index in [4.69, 9.17) is 10.5 Å². The van der Waals surface area contributed by atoms with Crippen molar-refractivity contribution in [2.45, 2.75) is 50.8 Å².